The number of nitrogens with two attached hydrogens (primary N) is 1. The molecule has 19 heavy (non-hydrogen) atoms. The molecule has 2 N–H and O–H groups in total. The summed E-state index contributed by atoms with van der Waals surface area (Å²) in [6.07, 6.45) is 1.05. The molecule has 1 fully saturated rings. The quantitative estimate of drug-likeness (QED) is 0.647. The Bertz CT molecular complexity index is 400. The normalized spacial score (nSPS) is 17.6. The van der Waals surface area contributed by atoms with Crippen molar-refractivity contribution >= 4 is 5.69 Å². The molecule has 1 aliphatic heterocycles. The van der Waals surface area contributed by atoms with E-state index in [-0.39, 0.29) is 0 Å². The predicted molar refractivity (Wildman–Crippen MR) is 79.6 cm³/mol. The second kappa shape index (κ2) is 6.78. The van der Waals surface area contributed by atoms with Crippen LogP contribution in [0.5, 0.6) is 5.75 Å². The standard InChI is InChI=1S/C15H25N3O/c1-13-4-5-14(16)15(12-13)19-11-3-6-18-9-7-17(2)8-10-18/h4-5,12H,3,6-11,16H2,1-2H3. The van der Waals surface area contributed by atoms with Crippen LogP contribution in [-0.4, -0.2) is 56.2 Å². The van der Waals surface area contributed by atoms with Crippen molar-refractivity contribution in [3.8, 4) is 5.75 Å². The molecule has 1 aromatic carbocycles. The Morgan fingerprint density at radius 2 is 1.95 bits per heavy atom. The minimum Gasteiger partial charge on any atom is -0.491 e. The van der Waals surface area contributed by atoms with Gasteiger partial charge in [-0.2, -0.15) is 0 Å². The van der Waals surface area contributed by atoms with Gasteiger partial charge in [0.25, 0.3) is 0 Å². The molecule has 2 rings (SSSR count). The Balaban J connectivity index is 1.68. The molecule has 4 heteroatoms. The third-order valence-corrected chi connectivity index (χ3v) is 3.64. The lowest BCUT2D eigenvalue weighted by Crippen LogP contribution is -2.44. The van der Waals surface area contributed by atoms with Crippen LogP contribution in [0.4, 0.5) is 5.69 Å². The molecule has 1 saturated heterocycles. The molecule has 1 aliphatic rings. The summed E-state index contributed by atoms with van der Waals surface area (Å²) in [6, 6.07) is 5.92. The minimum absolute atomic E-state index is 0.727. The van der Waals surface area contributed by atoms with Gasteiger partial charge in [-0.3, -0.25) is 0 Å². The zero-order valence-electron chi connectivity index (χ0n) is 12.1. The van der Waals surface area contributed by atoms with Crippen molar-refractivity contribution in [2.45, 2.75) is 13.3 Å². The van der Waals surface area contributed by atoms with E-state index in [2.05, 4.69) is 23.8 Å². The third-order valence-electron chi connectivity index (χ3n) is 3.64. The van der Waals surface area contributed by atoms with E-state index in [4.69, 9.17) is 10.5 Å². The monoisotopic (exact) mass is 263 g/mol. The molecule has 0 saturated carbocycles. The van der Waals surface area contributed by atoms with Gasteiger partial charge < -0.3 is 20.3 Å². The van der Waals surface area contributed by atoms with Gasteiger partial charge in [-0.15, -0.1) is 0 Å². The molecule has 0 radical (unpaired) electrons. The summed E-state index contributed by atoms with van der Waals surface area (Å²) >= 11 is 0. The molecule has 0 bridgehead atoms. The summed E-state index contributed by atoms with van der Waals surface area (Å²) in [5.41, 5.74) is 7.80. The number of nitrogens with zero attached hydrogens (tertiary/aromatic N) is 2. The second-order valence-corrected chi connectivity index (χ2v) is 5.39. The Morgan fingerprint density at radius 1 is 1.21 bits per heavy atom. The predicted octanol–water partition coefficient (Wildman–Crippen LogP) is 1.59. The van der Waals surface area contributed by atoms with Crippen LogP contribution in [0.15, 0.2) is 18.2 Å². The lowest BCUT2D eigenvalue weighted by atomic mass is 10.2. The van der Waals surface area contributed by atoms with Gasteiger partial charge in [0.05, 0.1) is 12.3 Å². The number of ether oxygens (including phenoxy) is 1. The highest BCUT2D eigenvalue weighted by Crippen LogP contribution is 2.22. The van der Waals surface area contributed by atoms with Crippen molar-refractivity contribution in [1.29, 1.82) is 0 Å². The highest BCUT2D eigenvalue weighted by Gasteiger charge is 2.12. The number of nitrogen functional groups attached to an aromatic ring is 1. The van der Waals surface area contributed by atoms with Gasteiger partial charge >= 0.3 is 0 Å². The molecule has 0 amide bonds. The summed E-state index contributed by atoms with van der Waals surface area (Å²) < 4.78 is 5.77. The summed E-state index contributed by atoms with van der Waals surface area (Å²) in [4.78, 5) is 4.88. The van der Waals surface area contributed by atoms with Crippen LogP contribution in [0, 0.1) is 6.92 Å². The van der Waals surface area contributed by atoms with E-state index in [9.17, 15) is 0 Å². The van der Waals surface area contributed by atoms with Crippen molar-refractivity contribution in [1.82, 2.24) is 9.80 Å². The Morgan fingerprint density at radius 3 is 2.68 bits per heavy atom. The summed E-state index contributed by atoms with van der Waals surface area (Å²) in [5, 5.41) is 0. The highest BCUT2D eigenvalue weighted by atomic mass is 16.5. The second-order valence-electron chi connectivity index (χ2n) is 5.39. The van der Waals surface area contributed by atoms with Crippen LogP contribution in [0.1, 0.15) is 12.0 Å². The first-order valence-electron chi connectivity index (χ1n) is 7.05. The number of rotatable bonds is 5. The first-order chi connectivity index (χ1) is 9.15. The molecular weight excluding hydrogens is 238 g/mol. The van der Waals surface area contributed by atoms with E-state index in [0.717, 1.165) is 31.0 Å². The first-order valence-corrected chi connectivity index (χ1v) is 7.05. The highest BCUT2D eigenvalue weighted by molar-refractivity contribution is 5.53. The fraction of sp³-hybridized carbons (Fsp3) is 0.600. The topological polar surface area (TPSA) is 41.7 Å². The van der Waals surface area contributed by atoms with Gasteiger partial charge in [-0.1, -0.05) is 6.07 Å². The maximum atomic E-state index is 5.89. The molecule has 0 spiro atoms. The van der Waals surface area contributed by atoms with Gasteiger partial charge in [-0.05, 0) is 38.1 Å². The van der Waals surface area contributed by atoms with E-state index in [1.165, 1.54) is 31.7 Å². The lowest BCUT2D eigenvalue weighted by Gasteiger charge is -2.32. The third kappa shape index (κ3) is 4.40. The molecule has 1 heterocycles. The van der Waals surface area contributed by atoms with Crippen LogP contribution < -0.4 is 10.5 Å². The number of hydrogen-bond donors (Lipinski definition) is 1. The molecule has 0 aromatic heterocycles. The van der Waals surface area contributed by atoms with Gasteiger partial charge in [0.15, 0.2) is 0 Å². The first kappa shape index (κ1) is 14.2. The summed E-state index contributed by atoms with van der Waals surface area (Å²) in [7, 11) is 2.18. The maximum absolute atomic E-state index is 5.89. The average molecular weight is 263 g/mol. The van der Waals surface area contributed by atoms with Crippen molar-refractivity contribution in [2.24, 2.45) is 0 Å². The number of likely N-dealkylation sites (N-methyl/N-ethyl adjacent to an activating group) is 1. The van der Waals surface area contributed by atoms with Gasteiger partial charge in [0.2, 0.25) is 0 Å². The van der Waals surface area contributed by atoms with Crippen LogP contribution in [0.25, 0.3) is 0 Å². The zero-order valence-corrected chi connectivity index (χ0v) is 12.1. The Hall–Kier alpha value is -1.26. The SMILES string of the molecule is Cc1ccc(N)c(OCCCN2CCN(C)CC2)c1. The van der Waals surface area contributed by atoms with Crippen LogP contribution in [-0.2, 0) is 0 Å². The maximum Gasteiger partial charge on any atom is 0.142 e. The fourth-order valence-corrected chi connectivity index (χ4v) is 2.31. The van der Waals surface area contributed by atoms with E-state index in [0.29, 0.717) is 0 Å². The van der Waals surface area contributed by atoms with Gasteiger partial charge in [-0.25, -0.2) is 0 Å². The number of aryl methyl sites for hydroxylation is 1. The number of anilines is 1. The van der Waals surface area contributed by atoms with Gasteiger partial charge in [0.1, 0.15) is 5.75 Å². The lowest BCUT2D eigenvalue weighted by molar-refractivity contribution is 0.145. The molecule has 0 aliphatic carbocycles. The van der Waals surface area contributed by atoms with Crippen molar-refractivity contribution in [3.05, 3.63) is 23.8 Å². The van der Waals surface area contributed by atoms with Crippen molar-refractivity contribution in [2.75, 3.05) is 52.1 Å². The summed E-state index contributed by atoms with van der Waals surface area (Å²) in [5.74, 6) is 0.818. The Kier molecular flexibility index (Phi) is 5.05. The molecule has 4 nitrogen and oxygen atoms in total. The fourth-order valence-electron chi connectivity index (χ4n) is 2.31. The average Bonchev–Trinajstić information content (AvgIpc) is 2.40. The largest absolute Gasteiger partial charge is 0.491 e. The van der Waals surface area contributed by atoms with Crippen LogP contribution in [0.3, 0.4) is 0 Å². The van der Waals surface area contributed by atoms with Crippen LogP contribution >= 0.6 is 0 Å². The van der Waals surface area contributed by atoms with Crippen molar-refractivity contribution < 1.29 is 4.74 Å². The van der Waals surface area contributed by atoms with E-state index < -0.39 is 0 Å². The molecule has 106 valence electrons. The number of benzene rings is 1. The van der Waals surface area contributed by atoms with Gasteiger partial charge in [0, 0.05) is 32.7 Å². The van der Waals surface area contributed by atoms with E-state index in [1.807, 2.05) is 18.2 Å². The molecule has 0 atom stereocenters. The smallest absolute Gasteiger partial charge is 0.142 e. The van der Waals surface area contributed by atoms with Crippen LogP contribution in [0.2, 0.25) is 0 Å². The zero-order chi connectivity index (χ0) is 13.7. The molecule has 1 aromatic rings. The van der Waals surface area contributed by atoms with E-state index >= 15 is 0 Å². The molecule has 0 unspecified atom stereocenters. The minimum atomic E-state index is 0.727. The molecular formula is C15H25N3O. The van der Waals surface area contributed by atoms with Crippen molar-refractivity contribution in [3.63, 3.8) is 0 Å². The van der Waals surface area contributed by atoms with E-state index in [1.54, 1.807) is 0 Å². The summed E-state index contributed by atoms with van der Waals surface area (Å²) in [6.45, 7) is 8.58. The Labute approximate surface area is 116 Å². The number of piperazine rings is 1. The number of hydrogen-bond acceptors (Lipinski definition) is 4.